The second-order valence-electron chi connectivity index (χ2n) is 3.10. The third-order valence-electron chi connectivity index (χ3n) is 2.06. The van der Waals surface area contributed by atoms with Gasteiger partial charge < -0.3 is 0 Å². The minimum atomic E-state index is -1.02. The van der Waals surface area contributed by atoms with Gasteiger partial charge in [-0.05, 0) is 34.2 Å². The van der Waals surface area contributed by atoms with Crippen LogP contribution < -0.4 is 5.30 Å². The Labute approximate surface area is 107 Å². The molecule has 0 spiro atoms. The second-order valence-corrected chi connectivity index (χ2v) is 7.52. The van der Waals surface area contributed by atoms with E-state index in [1.807, 2.05) is 0 Å². The fourth-order valence-corrected chi connectivity index (χ4v) is 4.78. The van der Waals surface area contributed by atoms with Gasteiger partial charge in [-0.3, -0.25) is 0 Å². The van der Waals surface area contributed by atoms with Crippen molar-refractivity contribution < 1.29 is 8.78 Å². The van der Waals surface area contributed by atoms with Gasteiger partial charge in [-0.25, -0.2) is 4.39 Å². The first-order chi connectivity index (χ1) is 7.70. The third kappa shape index (κ3) is 2.37. The van der Waals surface area contributed by atoms with E-state index in [1.54, 1.807) is 30.4 Å². The SMILES string of the molecule is FC1=[C+]C=CC=C1P(I)c1ccccc1F. The first-order valence-corrected chi connectivity index (χ1v) is 8.69. The first kappa shape index (κ1) is 11.8. The van der Waals surface area contributed by atoms with Crippen molar-refractivity contribution in [2.45, 2.75) is 0 Å². The lowest BCUT2D eigenvalue weighted by Crippen LogP contribution is -2.04. The van der Waals surface area contributed by atoms with Crippen LogP contribution in [0.3, 0.4) is 0 Å². The maximum Gasteiger partial charge on any atom is 0.293 e. The lowest BCUT2D eigenvalue weighted by atomic mass is 10.3. The van der Waals surface area contributed by atoms with E-state index >= 15 is 0 Å². The van der Waals surface area contributed by atoms with E-state index in [2.05, 4.69) is 28.1 Å². The van der Waals surface area contributed by atoms with Gasteiger partial charge in [0.25, 0.3) is 5.83 Å². The Balaban J connectivity index is 2.37. The van der Waals surface area contributed by atoms with Crippen molar-refractivity contribution in [1.82, 2.24) is 0 Å². The minimum absolute atomic E-state index is 0.286. The zero-order chi connectivity index (χ0) is 11.5. The van der Waals surface area contributed by atoms with Crippen molar-refractivity contribution in [3.63, 3.8) is 0 Å². The van der Waals surface area contributed by atoms with E-state index in [1.165, 1.54) is 12.1 Å². The van der Waals surface area contributed by atoms with Crippen molar-refractivity contribution in [2.75, 3.05) is 0 Å². The van der Waals surface area contributed by atoms with Crippen LogP contribution in [0.4, 0.5) is 8.78 Å². The van der Waals surface area contributed by atoms with E-state index < -0.39 is 11.4 Å². The summed E-state index contributed by atoms with van der Waals surface area (Å²) in [7, 11) is 0. The van der Waals surface area contributed by atoms with Gasteiger partial charge in [-0.2, -0.15) is 4.39 Å². The molecule has 0 saturated carbocycles. The van der Waals surface area contributed by atoms with Crippen LogP contribution >= 0.6 is 27.6 Å². The smallest absolute Gasteiger partial charge is 0.206 e. The van der Waals surface area contributed by atoms with Crippen molar-refractivity contribution in [1.29, 1.82) is 0 Å². The average molecular weight is 347 g/mol. The molecule has 0 saturated heterocycles. The summed E-state index contributed by atoms with van der Waals surface area (Å²) < 4.78 is 27.0. The molecule has 0 aliphatic heterocycles. The molecule has 0 heterocycles. The van der Waals surface area contributed by atoms with Crippen LogP contribution in [0.15, 0.2) is 53.6 Å². The van der Waals surface area contributed by atoms with E-state index in [9.17, 15) is 8.78 Å². The number of hydrogen-bond acceptors (Lipinski definition) is 0. The Hall–Kier alpha value is -0.630. The molecular weight excluding hydrogens is 340 g/mol. The number of hydrogen-bond donors (Lipinski definition) is 0. The van der Waals surface area contributed by atoms with Crippen LogP contribution in [0.25, 0.3) is 0 Å². The summed E-state index contributed by atoms with van der Waals surface area (Å²) in [6.07, 6.45) is 7.40. The average Bonchev–Trinajstić information content (AvgIpc) is 2.29. The van der Waals surface area contributed by atoms with E-state index in [0.29, 0.717) is 10.6 Å². The summed E-state index contributed by atoms with van der Waals surface area (Å²) in [5, 5.41) is 1.07. The maximum atomic E-state index is 13.5. The molecule has 1 aliphatic rings. The number of allylic oxidation sites excluding steroid dienone is 6. The molecule has 80 valence electrons. The highest BCUT2D eigenvalue weighted by Crippen LogP contribution is 2.55. The van der Waals surface area contributed by atoms with Crippen LogP contribution in [0.5, 0.6) is 0 Å². The van der Waals surface area contributed by atoms with Gasteiger partial charge in [0.05, 0.1) is 17.7 Å². The van der Waals surface area contributed by atoms with E-state index in [0.717, 1.165) is 0 Å². The molecule has 2 rings (SSSR count). The summed E-state index contributed by atoms with van der Waals surface area (Å²) in [4.78, 5) is 0. The van der Waals surface area contributed by atoms with Gasteiger partial charge in [-0.1, -0.05) is 12.1 Å². The fourth-order valence-electron chi connectivity index (χ4n) is 1.30. The largest absolute Gasteiger partial charge is 0.293 e. The molecule has 1 atom stereocenters. The summed E-state index contributed by atoms with van der Waals surface area (Å²) in [6.45, 7) is 0. The van der Waals surface area contributed by atoms with Gasteiger partial charge in [0.1, 0.15) is 17.2 Å². The van der Waals surface area contributed by atoms with Gasteiger partial charge in [0.2, 0.25) is 0 Å². The fraction of sp³-hybridized carbons (Fsp3) is 0. The van der Waals surface area contributed by atoms with Gasteiger partial charge in [-0.15, -0.1) is 0 Å². The van der Waals surface area contributed by atoms with Crippen LogP contribution in [-0.2, 0) is 0 Å². The van der Waals surface area contributed by atoms with Crippen LogP contribution in [0, 0.1) is 11.9 Å². The lowest BCUT2D eigenvalue weighted by molar-refractivity contribution is 0.636. The summed E-state index contributed by atoms with van der Waals surface area (Å²) in [5.41, 5.74) is -1.02. The minimum Gasteiger partial charge on any atom is -0.206 e. The molecule has 1 aromatic carbocycles. The molecular formula is C12H7F2IP+. The molecule has 0 bridgehead atoms. The standard InChI is InChI=1S/C12H7F2IP/c13-9-5-1-3-7-11(9)16(15)12-8-4-2-6-10(12)14/h1-5,7-8H/q+1. The van der Waals surface area contributed by atoms with Crippen LogP contribution in [0.2, 0.25) is 0 Å². The van der Waals surface area contributed by atoms with Crippen molar-refractivity contribution in [3.8, 4) is 0 Å². The molecule has 1 unspecified atom stereocenters. The molecule has 0 aromatic heterocycles. The van der Waals surface area contributed by atoms with Crippen LogP contribution in [0.1, 0.15) is 0 Å². The van der Waals surface area contributed by atoms with Crippen molar-refractivity contribution in [2.24, 2.45) is 0 Å². The van der Waals surface area contributed by atoms with Gasteiger partial charge >= 0.3 is 0 Å². The molecule has 0 fully saturated rings. The zero-order valence-electron chi connectivity index (χ0n) is 8.12. The number of benzene rings is 1. The molecule has 1 aliphatic carbocycles. The quantitative estimate of drug-likeness (QED) is 0.423. The second kappa shape index (κ2) is 5.13. The van der Waals surface area contributed by atoms with Crippen LogP contribution in [-0.4, -0.2) is 0 Å². The molecule has 0 N–H and O–H groups in total. The Kier molecular flexibility index (Phi) is 3.80. The number of halogens is 3. The van der Waals surface area contributed by atoms with Crippen molar-refractivity contribution >= 4 is 32.9 Å². The zero-order valence-corrected chi connectivity index (χ0v) is 11.2. The van der Waals surface area contributed by atoms with Gasteiger partial charge in [0, 0.05) is 11.4 Å². The maximum absolute atomic E-state index is 13.5. The molecule has 4 heteroatoms. The summed E-state index contributed by atoms with van der Waals surface area (Å²) in [5.74, 6) is -0.683. The van der Waals surface area contributed by atoms with Gasteiger partial charge in [0.15, 0.2) is 0 Å². The third-order valence-corrected chi connectivity index (χ3v) is 6.73. The monoisotopic (exact) mass is 347 g/mol. The number of rotatable bonds is 2. The predicted molar refractivity (Wildman–Crippen MR) is 72.1 cm³/mol. The topological polar surface area (TPSA) is 0 Å². The Bertz CT molecular complexity index is 492. The molecule has 16 heavy (non-hydrogen) atoms. The van der Waals surface area contributed by atoms with Crippen molar-refractivity contribution in [3.05, 3.63) is 65.5 Å². The highest BCUT2D eigenvalue weighted by molar-refractivity contribution is 14.2. The lowest BCUT2D eigenvalue weighted by Gasteiger charge is -2.08. The Morgan fingerprint density at radius 3 is 2.62 bits per heavy atom. The summed E-state index contributed by atoms with van der Waals surface area (Å²) in [6, 6.07) is 6.48. The highest BCUT2D eigenvalue weighted by atomic mass is 127. The van der Waals surface area contributed by atoms with E-state index in [-0.39, 0.29) is 5.82 Å². The molecule has 0 nitrogen and oxygen atoms in total. The summed E-state index contributed by atoms with van der Waals surface area (Å²) >= 11 is 2.09. The normalized spacial score (nSPS) is 16.2. The van der Waals surface area contributed by atoms with E-state index in [4.69, 9.17) is 0 Å². The predicted octanol–water partition coefficient (Wildman–Crippen LogP) is 4.39. The molecule has 1 aromatic rings. The first-order valence-electron chi connectivity index (χ1n) is 4.57. The molecule has 0 amide bonds. The molecule has 0 radical (unpaired) electrons. The Morgan fingerprint density at radius 1 is 1.19 bits per heavy atom. The Morgan fingerprint density at radius 2 is 1.94 bits per heavy atom. The highest BCUT2D eigenvalue weighted by Gasteiger charge is 2.27.